The van der Waals surface area contributed by atoms with Gasteiger partial charge in [-0.1, -0.05) is 11.6 Å². The van der Waals surface area contributed by atoms with Crippen molar-refractivity contribution in [1.82, 2.24) is 25.0 Å². The molecule has 1 N–H and O–H groups in total. The van der Waals surface area contributed by atoms with Crippen LogP contribution in [-0.4, -0.2) is 31.5 Å². The molecule has 17 heavy (non-hydrogen) atoms. The highest BCUT2D eigenvalue weighted by Crippen LogP contribution is 2.15. The van der Waals surface area contributed by atoms with Crippen LogP contribution < -0.4 is 5.32 Å². The van der Waals surface area contributed by atoms with E-state index in [9.17, 15) is 0 Å². The van der Waals surface area contributed by atoms with Crippen LogP contribution in [0.3, 0.4) is 0 Å². The van der Waals surface area contributed by atoms with Crippen molar-refractivity contribution in [2.45, 2.75) is 13.5 Å². The quantitative estimate of drug-likeness (QED) is 0.919. The van der Waals surface area contributed by atoms with E-state index in [1.54, 1.807) is 6.20 Å². The van der Waals surface area contributed by atoms with Crippen LogP contribution in [0, 0.1) is 6.92 Å². The maximum absolute atomic E-state index is 5.80. The van der Waals surface area contributed by atoms with Crippen molar-refractivity contribution in [2.75, 3.05) is 11.9 Å². The van der Waals surface area contributed by atoms with E-state index in [-0.39, 0.29) is 10.4 Å². The van der Waals surface area contributed by atoms with Crippen molar-refractivity contribution in [2.24, 2.45) is 0 Å². The highest BCUT2D eigenvalue weighted by atomic mass is 35.5. The van der Waals surface area contributed by atoms with Crippen LogP contribution in [0.5, 0.6) is 0 Å². The zero-order valence-corrected chi connectivity index (χ0v) is 10.6. The van der Waals surface area contributed by atoms with Crippen molar-refractivity contribution in [3.8, 4) is 0 Å². The molecule has 0 radical (unpaired) electrons. The lowest BCUT2D eigenvalue weighted by molar-refractivity contribution is 0.636. The first-order valence-corrected chi connectivity index (χ1v) is 5.69. The molecule has 0 aromatic carbocycles. The second kappa shape index (κ2) is 5.29. The fourth-order valence-electron chi connectivity index (χ4n) is 1.28. The Hall–Kier alpha value is -1.40. The Labute approximate surface area is 108 Å². The van der Waals surface area contributed by atoms with Gasteiger partial charge in [-0.3, -0.25) is 4.68 Å². The van der Waals surface area contributed by atoms with Gasteiger partial charge in [0.15, 0.2) is 11.0 Å². The first-order chi connectivity index (χ1) is 8.15. The van der Waals surface area contributed by atoms with Gasteiger partial charge in [0.2, 0.25) is 5.28 Å². The monoisotopic (exact) mass is 272 g/mol. The van der Waals surface area contributed by atoms with Crippen molar-refractivity contribution < 1.29 is 0 Å². The third kappa shape index (κ3) is 3.28. The Morgan fingerprint density at radius 1 is 1.35 bits per heavy atom. The van der Waals surface area contributed by atoms with E-state index >= 15 is 0 Å². The third-order valence-corrected chi connectivity index (χ3v) is 2.43. The molecule has 2 aromatic rings. The number of aryl methyl sites for hydroxylation is 1. The summed E-state index contributed by atoms with van der Waals surface area (Å²) in [5.74, 6) is 0.426. The molecule has 0 amide bonds. The van der Waals surface area contributed by atoms with Gasteiger partial charge in [-0.2, -0.15) is 10.1 Å². The van der Waals surface area contributed by atoms with Gasteiger partial charge in [0, 0.05) is 12.7 Å². The van der Waals surface area contributed by atoms with Gasteiger partial charge in [-0.15, -0.1) is 10.2 Å². The van der Waals surface area contributed by atoms with E-state index in [1.807, 2.05) is 17.8 Å². The van der Waals surface area contributed by atoms with Gasteiger partial charge < -0.3 is 5.32 Å². The van der Waals surface area contributed by atoms with Crippen LogP contribution in [-0.2, 0) is 6.54 Å². The first-order valence-electron chi connectivity index (χ1n) is 4.94. The molecule has 2 aromatic heterocycles. The van der Waals surface area contributed by atoms with E-state index in [0.29, 0.717) is 18.9 Å². The minimum absolute atomic E-state index is 0.0619. The summed E-state index contributed by atoms with van der Waals surface area (Å²) >= 11 is 11.4. The van der Waals surface area contributed by atoms with Crippen molar-refractivity contribution in [3.05, 3.63) is 28.4 Å². The average molecular weight is 273 g/mol. The average Bonchev–Trinajstić information content (AvgIpc) is 2.69. The molecule has 2 rings (SSSR count). The van der Waals surface area contributed by atoms with Gasteiger partial charge in [-0.05, 0) is 24.1 Å². The largest absolute Gasteiger partial charge is 0.365 e. The highest BCUT2D eigenvalue weighted by Gasteiger charge is 2.05. The highest BCUT2D eigenvalue weighted by molar-refractivity contribution is 6.32. The second-order valence-electron chi connectivity index (χ2n) is 3.43. The number of hydrogen-bond donors (Lipinski definition) is 1. The predicted molar refractivity (Wildman–Crippen MR) is 65.3 cm³/mol. The van der Waals surface area contributed by atoms with Gasteiger partial charge in [0.1, 0.15) is 0 Å². The van der Waals surface area contributed by atoms with Gasteiger partial charge in [-0.25, -0.2) is 0 Å². The maximum atomic E-state index is 5.80. The molecule has 2 heterocycles. The number of hydrogen-bond acceptors (Lipinski definition) is 5. The molecule has 8 heteroatoms. The number of rotatable bonds is 4. The molecule has 0 spiro atoms. The number of anilines is 1. The van der Waals surface area contributed by atoms with Crippen LogP contribution in [0.1, 0.15) is 5.56 Å². The summed E-state index contributed by atoms with van der Waals surface area (Å²) in [4.78, 5) is 3.93. The summed E-state index contributed by atoms with van der Waals surface area (Å²) < 4.78 is 1.83. The minimum Gasteiger partial charge on any atom is -0.365 e. The maximum Gasteiger partial charge on any atom is 0.245 e. The zero-order valence-electron chi connectivity index (χ0n) is 9.06. The molecule has 0 aliphatic rings. The molecule has 0 atom stereocenters. The molecule has 6 nitrogen and oxygen atoms in total. The molecule has 0 aliphatic carbocycles. The second-order valence-corrected chi connectivity index (χ2v) is 4.12. The SMILES string of the molecule is Cc1cnn(CCNc2nc(Cl)nnc2Cl)c1. The number of halogens is 2. The van der Waals surface area contributed by atoms with Crippen LogP contribution in [0.2, 0.25) is 10.4 Å². The summed E-state index contributed by atoms with van der Waals surface area (Å²) in [5, 5.41) is 14.6. The Balaban J connectivity index is 1.91. The van der Waals surface area contributed by atoms with Crippen molar-refractivity contribution >= 4 is 29.0 Å². The summed E-state index contributed by atoms with van der Waals surface area (Å²) in [5.41, 5.74) is 1.12. The van der Waals surface area contributed by atoms with E-state index in [2.05, 4.69) is 25.6 Å². The lowest BCUT2D eigenvalue weighted by atomic mass is 10.4. The Kier molecular flexibility index (Phi) is 3.75. The Morgan fingerprint density at radius 2 is 2.18 bits per heavy atom. The molecular formula is C9H10Cl2N6. The van der Waals surface area contributed by atoms with E-state index in [4.69, 9.17) is 23.2 Å². The van der Waals surface area contributed by atoms with E-state index < -0.39 is 0 Å². The fourth-order valence-corrected chi connectivity index (χ4v) is 1.55. The molecule has 0 saturated carbocycles. The van der Waals surface area contributed by atoms with Gasteiger partial charge in [0.05, 0.1) is 12.7 Å². The molecule has 0 aliphatic heterocycles. The molecule has 0 bridgehead atoms. The summed E-state index contributed by atoms with van der Waals surface area (Å²) in [6.07, 6.45) is 3.75. The molecule has 0 fully saturated rings. The minimum atomic E-state index is 0.0619. The fraction of sp³-hybridized carbons (Fsp3) is 0.333. The van der Waals surface area contributed by atoms with Crippen molar-refractivity contribution in [1.29, 1.82) is 0 Å². The number of nitrogens with zero attached hydrogens (tertiary/aromatic N) is 5. The lowest BCUT2D eigenvalue weighted by Gasteiger charge is -2.06. The number of aromatic nitrogens is 5. The Bertz CT molecular complexity index is 512. The summed E-state index contributed by atoms with van der Waals surface area (Å²) in [6.45, 7) is 3.31. The third-order valence-electron chi connectivity index (χ3n) is 2.02. The summed E-state index contributed by atoms with van der Waals surface area (Å²) in [6, 6.07) is 0. The van der Waals surface area contributed by atoms with Crippen LogP contribution in [0.25, 0.3) is 0 Å². The smallest absolute Gasteiger partial charge is 0.245 e. The molecule has 0 saturated heterocycles. The van der Waals surface area contributed by atoms with E-state index in [0.717, 1.165) is 5.56 Å². The topological polar surface area (TPSA) is 68.5 Å². The summed E-state index contributed by atoms with van der Waals surface area (Å²) in [7, 11) is 0. The molecule has 90 valence electrons. The molecular weight excluding hydrogens is 263 g/mol. The van der Waals surface area contributed by atoms with Crippen LogP contribution in [0.4, 0.5) is 5.82 Å². The zero-order chi connectivity index (χ0) is 12.3. The van der Waals surface area contributed by atoms with E-state index in [1.165, 1.54) is 0 Å². The number of nitrogens with one attached hydrogen (secondary N) is 1. The van der Waals surface area contributed by atoms with Gasteiger partial charge in [0.25, 0.3) is 0 Å². The normalized spacial score (nSPS) is 10.5. The molecule has 0 unspecified atom stereocenters. The van der Waals surface area contributed by atoms with Crippen LogP contribution in [0.15, 0.2) is 12.4 Å². The van der Waals surface area contributed by atoms with Crippen molar-refractivity contribution in [3.63, 3.8) is 0 Å². The Morgan fingerprint density at radius 3 is 2.88 bits per heavy atom. The lowest BCUT2D eigenvalue weighted by Crippen LogP contribution is -2.12. The van der Waals surface area contributed by atoms with Gasteiger partial charge >= 0.3 is 0 Å². The van der Waals surface area contributed by atoms with Crippen LogP contribution >= 0.6 is 23.2 Å². The first kappa shape index (κ1) is 12.1. The predicted octanol–water partition coefficient (Wildman–Crippen LogP) is 1.80. The standard InChI is InChI=1S/C9H10Cl2N6/c1-6-4-13-17(5-6)3-2-12-8-7(10)15-16-9(11)14-8/h4-5H,2-3H2,1H3,(H,12,14,16).